The molecule has 0 aliphatic carbocycles. The largest absolute Gasteiger partial charge is 0.385 e. The van der Waals surface area contributed by atoms with Crippen LogP contribution in [0.15, 0.2) is 23.4 Å². The Kier molecular flexibility index (Phi) is 13.8. The lowest BCUT2D eigenvalue weighted by Gasteiger charge is -2.15. The molecule has 0 bridgehead atoms. The third-order valence-corrected chi connectivity index (χ3v) is 1.90. The minimum absolute atomic E-state index is 1.14. The first-order valence-corrected chi connectivity index (χ1v) is 5.92. The van der Waals surface area contributed by atoms with E-state index in [9.17, 15) is 0 Å². The zero-order chi connectivity index (χ0) is 11.4. The van der Waals surface area contributed by atoms with Crippen molar-refractivity contribution < 1.29 is 0 Å². The summed E-state index contributed by atoms with van der Waals surface area (Å²) in [7, 11) is 0. The van der Waals surface area contributed by atoms with Gasteiger partial charge in [0, 0.05) is 12.2 Å². The molecule has 1 heterocycles. The highest BCUT2D eigenvalue weighted by molar-refractivity contribution is 5.27. The van der Waals surface area contributed by atoms with Crippen LogP contribution in [0.3, 0.4) is 0 Å². The number of hydrogen-bond acceptors (Lipinski definition) is 1. The molecule has 84 valence electrons. The summed E-state index contributed by atoms with van der Waals surface area (Å²) in [4.78, 5) is 0. The van der Waals surface area contributed by atoms with Crippen LogP contribution < -0.4 is 5.32 Å². The zero-order valence-corrected chi connectivity index (χ0v) is 10.8. The molecule has 0 aromatic carbocycles. The van der Waals surface area contributed by atoms with E-state index in [0.717, 1.165) is 6.54 Å². The third-order valence-electron chi connectivity index (χ3n) is 1.90. The van der Waals surface area contributed by atoms with Crippen LogP contribution in [0.1, 0.15) is 54.4 Å². The SMILES string of the molecule is C/C=C(\C)C1=CCCCN1.CC.CC. The van der Waals surface area contributed by atoms with Gasteiger partial charge in [0.2, 0.25) is 0 Å². The summed E-state index contributed by atoms with van der Waals surface area (Å²) in [5, 5.41) is 3.36. The van der Waals surface area contributed by atoms with Gasteiger partial charge in [-0.2, -0.15) is 0 Å². The van der Waals surface area contributed by atoms with Crippen LogP contribution in [0.2, 0.25) is 0 Å². The molecule has 0 atom stereocenters. The van der Waals surface area contributed by atoms with E-state index in [1.165, 1.54) is 24.1 Å². The van der Waals surface area contributed by atoms with Crippen LogP contribution in [0.25, 0.3) is 0 Å². The molecular weight excluding hydrogens is 170 g/mol. The highest BCUT2D eigenvalue weighted by Gasteiger charge is 2.01. The first kappa shape index (κ1) is 15.7. The van der Waals surface area contributed by atoms with E-state index in [4.69, 9.17) is 0 Å². The molecule has 0 saturated carbocycles. The molecule has 1 nitrogen and oxygen atoms in total. The summed E-state index contributed by atoms with van der Waals surface area (Å²) in [6, 6.07) is 0. The molecular formula is C13H27N. The Bertz CT molecular complexity index is 166. The molecule has 1 N–H and O–H groups in total. The fourth-order valence-corrected chi connectivity index (χ4v) is 1.10. The van der Waals surface area contributed by atoms with Gasteiger partial charge in [-0.05, 0) is 32.3 Å². The topological polar surface area (TPSA) is 12.0 Å². The van der Waals surface area contributed by atoms with Gasteiger partial charge in [0.1, 0.15) is 0 Å². The standard InChI is InChI=1S/C9H15N.2C2H6/c1-3-8(2)9-6-4-5-7-10-9;2*1-2/h3,6,10H,4-5,7H2,1-2H3;2*1-2H3/b8-3+;;. The number of nitrogens with one attached hydrogen (secondary N) is 1. The molecule has 0 aromatic rings. The van der Waals surface area contributed by atoms with Gasteiger partial charge >= 0.3 is 0 Å². The van der Waals surface area contributed by atoms with Crippen molar-refractivity contribution in [2.24, 2.45) is 0 Å². The van der Waals surface area contributed by atoms with Gasteiger partial charge in [-0.25, -0.2) is 0 Å². The monoisotopic (exact) mass is 197 g/mol. The van der Waals surface area contributed by atoms with Crippen molar-refractivity contribution in [1.82, 2.24) is 5.32 Å². The van der Waals surface area contributed by atoms with Gasteiger partial charge in [-0.3, -0.25) is 0 Å². The third kappa shape index (κ3) is 6.76. The Morgan fingerprint density at radius 3 is 2.21 bits per heavy atom. The Labute approximate surface area is 90.3 Å². The predicted molar refractivity (Wildman–Crippen MR) is 67.4 cm³/mol. The van der Waals surface area contributed by atoms with Crippen molar-refractivity contribution in [3.8, 4) is 0 Å². The summed E-state index contributed by atoms with van der Waals surface area (Å²) in [6.07, 6.45) is 6.93. The number of rotatable bonds is 1. The van der Waals surface area contributed by atoms with Gasteiger partial charge in [-0.15, -0.1) is 0 Å². The van der Waals surface area contributed by atoms with Crippen molar-refractivity contribution in [2.75, 3.05) is 6.54 Å². The molecule has 1 aliphatic heterocycles. The van der Waals surface area contributed by atoms with E-state index in [1.54, 1.807) is 0 Å². The second-order valence-electron chi connectivity index (χ2n) is 2.66. The van der Waals surface area contributed by atoms with Crippen LogP contribution in [0, 0.1) is 0 Å². The summed E-state index contributed by atoms with van der Waals surface area (Å²) in [6.45, 7) is 13.4. The molecule has 0 radical (unpaired) electrons. The average Bonchev–Trinajstić information content (AvgIpc) is 2.34. The summed E-state index contributed by atoms with van der Waals surface area (Å²) in [5.74, 6) is 0. The van der Waals surface area contributed by atoms with E-state index in [-0.39, 0.29) is 0 Å². The molecule has 0 amide bonds. The van der Waals surface area contributed by atoms with Gasteiger partial charge in [-0.1, -0.05) is 39.8 Å². The first-order chi connectivity index (χ1) is 6.84. The van der Waals surface area contributed by atoms with E-state index >= 15 is 0 Å². The molecule has 14 heavy (non-hydrogen) atoms. The Morgan fingerprint density at radius 2 is 1.86 bits per heavy atom. The lowest BCUT2D eigenvalue weighted by atomic mass is 10.1. The maximum atomic E-state index is 3.36. The summed E-state index contributed by atoms with van der Waals surface area (Å²) >= 11 is 0. The highest BCUT2D eigenvalue weighted by Crippen LogP contribution is 2.11. The van der Waals surface area contributed by atoms with Crippen molar-refractivity contribution in [3.63, 3.8) is 0 Å². The number of hydrogen-bond donors (Lipinski definition) is 1. The van der Waals surface area contributed by atoms with Crippen LogP contribution in [0.4, 0.5) is 0 Å². The molecule has 1 heteroatoms. The summed E-state index contributed by atoms with van der Waals surface area (Å²) < 4.78 is 0. The van der Waals surface area contributed by atoms with Crippen molar-refractivity contribution in [3.05, 3.63) is 23.4 Å². The van der Waals surface area contributed by atoms with Crippen LogP contribution >= 0.6 is 0 Å². The maximum Gasteiger partial charge on any atom is 0.0326 e. The van der Waals surface area contributed by atoms with Crippen molar-refractivity contribution in [2.45, 2.75) is 54.4 Å². The fourth-order valence-electron chi connectivity index (χ4n) is 1.10. The molecule has 0 aromatic heterocycles. The lowest BCUT2D eigenvalue weighted by Crippen LogP contribution is -2.18. The van der Waals surface area contributed by atoms with Gasteiger partial charge in [0.25, 0.3) is 0 Å². The summed E-state index contributed by atoms with van der Waals surface area (Å²) in [5.41, 5.74) is 2.69. The minimum Gasteiger partial charge on any atom is -0.385 e. The van der Waals surface area contributed by atoms with Crippen molar-refractivity contribution in [1.29, 1.82) is 0 Å². The Morgan fingerprint density at radius 1 is 1.29 bits per heavy atom. The van der Waals surface area contributed by atoms with E-state index in [2.05, 4.69) is 31.3 Å². The quantitative estimate of drug-likeness (QED) is 0.662. The second-order valence-corrected chi connectivity index (χ2v) is 2.66. The molecule has 1 rings (SSSR count). The molecule has 0 spiro atoms. The molecule has 1 aliphatic rings. The normalized spacial score (nSPS) is 15.0. The number of allylic oxidation sites excluding steroid dienone is 3. The maximum absolute atomic E-state index is 3.36. The molecule has 0 saturated heterocycles. The van der Waals surface area contributed by atoms with Crippen LogP contribution in [-0.4, -0.2) is 6.54 Å². The fraction of sp³-hybridized carbons (Fsp3) is 0.692. The van der Waals surface area contributed by atoms with Gasteiger partial charge in [0.05, 0.1) is 0 Å². The zero-order valence-electron chi connectivity index (χ0n) is 10.8. The van der Waals surface area contributed by atoms with E-state index in [1.807, 2.05) is 27.7 Å². The van der Waals surface area contributed by atoms with Crippen molar-refractivity contribution >= 4 is 0 Å². The minimum atomic E-state index is 1.14. The lowest BCUT2D eigenvalue weighted by molar-refractivity contribution is 0.695. The Balaban J connectivity index is 0. The van der Waals surface area contributed by atoms with E-state index < -0.39 is 0 Å². The second kappa shape index (κ2) is 12.3. The first-order valence-electron chi connectivity index (χ1n) is 5.92. The van der Waals surface area contributed by atoms with Gasteiger partial charge in [0.15, 0.2) is 0 Å². The molecule has 0 fully saturated rings. The van der Waals surface area contributed by atoms with Crippen LogP contribution in [-0.2, 0) is 0 Å². The Hall–Kier alpha value is -0.720. The highest BCUT2D eigenvalue weighted by atomic mass is 14.9. The molecule has 0 unspecified atom stereocenters. The van der Waals surface area contributed by atoms with Gasteiger partial charge < -0.3 is 5.32 Å². The van der Waals surface area contributed by atoms with Crippen LogP contribution in [0.5, 0.6) is 0 Å². The van der Waals surface area contributed by atoms with E-state index in [0.29, 0.717) is 0 Å². The average molecular weight is 197 g/mol. The predicted octanol–water partition coefficient (Wildman–Crippen LogP) is 4.27. The smallest absolute Gasteiger partial charge is 0.0326 e.